The van der Waals surface area contributed by atoms with Crippen LogP contribution in [0.15, 0.2) is 65.6 Å². The Morgan fingerprint density at radius 2 is 1.56 bits per heavy atom. The van der Waals surface area contributed by atoms with Crippen LogP contribution >= 0.6 is 0 Å². The van der Waals surface area contributed by atoms with Gasteiger partial charge in [-0.05, 0) is 74.6 Å². The van der Waals surface area contributed by atoms with Gasteiger partial charge in [0.05, 0.1) is 18.6 Å². The fraction of sp³-hybridized carbons (Fsp3) is 0.296. The quantitative estimate of drug-likeness (QED) is 0.477. The van der Waals surface area contributed by atoms with Crippen LogP contribution in [0.4, 0.5) is 5.69 Å². The average molecular weight is 481 g/mol. The maximum atomic E-state index is 13.6. The molecular formula is C27H32N2O4S. The molecule has 0 heterocycles. The molecule has 0 aliphatic carbocycles. The lowest BCUT2D eigenvalue weighted by atomic mass is 10.1. The van der Waals surface area contributed by atoms with E-state index in [0.717, 1.165) is 27.9 Å². The number of nitrogens with one attached hydrogen (secondary N) is 1. The van der Waals surface area contributed by atoms with E-state index in [1.54, 1.807) is 26.2 Å². The Morgan fingerprint density at radius 3 is 2.15 bits per heavy atom. The van der Waals surface area contributed by atoms with Gasteiger partial charge in [0.2, 0.25) is 15.9 Å². The minimum absolute atomic E-state index is 0.134. The molecule has 3 aromatic rings. The van der Waals surface area contributed by atoms with E-state index in [4.69, 9.17) is 4.74 Å². The number of amides is 1. The summed E-state index contributed by atoms with van der Waals surface area (Å²) in [5, 5.41) is 2.92. The molecule has 0 saturated heterocycles. The number of benzene rings is 3. The van der Waals surface area contributed by atoms with Crippen molar-refractivity contribution in [3.05, 3.63) is 88.5 Å². The van der Waals surface area contributed by atoms with Crippen LogP contribution in [-0.2, 0) is 21.2 Å². The lowest BCUT2D eigenvalue weighted by molar-refractivity contribution is -0.116. The van der Waals surface area contributed by atoms with Gasteiger partial charge < -0.3 is 10.1 Å². The van der Waals surface area contributed by atoms with Crippen molar-refractivity contribution in [3.63, 3.8) is 0 Å². The van der Waals surface area contributed by atoms with Gasteiger partial charge in [0.1, 0.15) is 5.75 Å². The fourth-order valence-corrected chi connectivity index (χ4v) is 5.54. The Kier molecular flexibility index (Phi) is 8.12. The summed E-state index contributed by atoms with van der Waals surface area (Å²) < 4.78 is 33.7. The van der Waals surface area contributed by atoms with Crippen LogP contribution in [0.5, 0.6) is 5.75 Å². The van der Waals surface area contributed by atoms with Gasteiger partial charge in [0.25, 0.3) is 0 Å². The van der Waals surface area contributed by atoms with Crippen LogP contribution < -0.4 is 10.1 Å². The van der Waals surface area contributed by atoms with E-state index < -0.39 is 10.0 Å². The molecule has 180 valence electrons. The normalized spacial score (nSPS) is 11.5. The number of anilines is 1. The number of sulfonamides is 1. The van der Waals surface area contributed by atoms with E-state index in [2.05, 4.69) is 5.32 Å². The number of hydrogen-bond donors (Lipinski definition) is 1. The third kappa shape index (κ3) is 6.04. The minimum Gasteiger partial charge on any atom is -0.496 e. The van der Waals surface area contributed by atoms with Gasteiger partial charge >= 0.3 is 0 Å². The molecule has 1 N–H and O–H groups in total. The first-order valence-corrected chi connectivity index (χ1v) is 12.6. The number of nitrogens with zero attached hydrogens (tertiary/aromatic N) is 1. The number of methoxy groups -OCH3 is 1. The molecule has 34 heavy (non-hydrogen) atoms. The topological polar surface area (TPSA) is 75.7 Å². The molecule has 1 amide bonds. The molecule has 3 rings (SSSR count). The fourth-order valence-electron chi connectivity index (χ4n) is 4.06. The lowest BCUT2D eigenvalue weighted by Crippen LogP contribution is -2.39. The number of aryl methyl sites for hydroxylation is 4. The molecule has 0 aliphatic rings. The highest BCUT2D eigenvalue weighted by Crippen LogP contribution is 2.25. The van der Waals surface area contributed by atoms with Crippen LogP contribution in [0.25, 0.3) is 0 Å². The summed E-state index contributed by atoms with van der Waals surface area (Å²) in [5.41, 5.74) is 5.41. The second-order valence-corrected chi connectivity index (χ2v) is 10.5. The van der Waals surface area contributed by atoms with Gasteiger partial charge in [-0.25, -0.2) is 8.42 Å². The monoisotopic (exact) mass is 480 g/mol. The zero-order valence-electron chi connectivity index (χ0n) is 20.4. The standard InChI is InChI=1S/C27H32N2O4S/c1-19-15-21(3)27(22(4)16-19)28-26(30)18-29(14-13-23-9-7-6-8-10-23)34(31,32)24-11-12-25(33-5)20(2)17-24/h6-12,15-17H,13-14,18H2,1-5H3,(H,28,30). The Balaban J connectivity index is 1.88. The molecule has 0 bridgehead atoms. The van der Waals surface area contributed by atoms with Crippen LogP contribution in [0, 0.1) is 27.7 Å². The van der Waals surface area contributed by atoms with Crippen molar-refractivity contribution in [1.82, 2.24) is 4.31 Å². The largest absolute Gasteiger partial charge is 0.496 e. The maximum absolute atomic E-state index is 13.6. The van der Waals surface area contributed by atoms with Crippen LogP contribution in [0.3, 0.4) is 0 Å². The third-order valence-electron chi connectivity index (χ3n) is 5.76. The lowest BCUT2D eigenvalue weighted by Gasteiger charge is -2.23. The van der Waals surface area contributed by atoms with Gasteiger partial charge in [-0.2, -0.15) is 4.31 Å². The molecule has 6 nitrogen and oxygen atoms in total. The summed E-state index contributed by atoms with van der Waals surface area (Å²) in [5.74, 6) is 0.231. The Hall–Kier alpha value is -3.16. The summed E-state index contributed by atoms with van der Waals surface area (Å²) in [6, 6.07) is 18.3. The van der Waals surface area contributed by atoms with Crippen molar-refractivity contribution >= 4 is 21.6 Å². The minimum atomic E-state index is -3.92. The van der Waals surface area contributed by atoms with Crippen molar-refractivity contribution in [2.24, 2.45) is 0 Å². The summed E-state index contributed by atoms with van der Waals surface area (Å²) in [4.78, 5) is 13.2. The van der Waals surface area contributed by atoms with E-state index in [0.29, 0.717) is 17.7 Å². The highest BCUT2D eigenvalue weighted by molar-refractivity contribution is 7.89. The van der Waals surface area contributed by atoms with Gasteiger partial charge in [0, 0.05) is 12.2 Å². The van der Waals surface area contributed by atoms with Gasteiger partial charge in [-0.1, -0.05) is 48.0 Å². The predicted molar refractivity (Wildman–Crippen MR) is 136 cm³/mol. The predicted octanol–water partition coefficient (Wildman–Crippen LogP) is 4.80. The van der Waals surface area contributed by atoms with Crippen molar-refractivity contribution in [2.75, 3.05) is 25.5 Å². The maximum Gasteiger partial charge on any atom is 0.243 e. The van der Waals surface area contributed by atoms with Crippen molar-refractivity contribution in [3.8, 4) is 5.75 Å². The van der Waals surface area contributed by atoms with Gasteiger partial charge in [-0.3, -0.25) is 4.79 Å². The highest BCUT2D eigenvalue weighted by Gasteiger charge is 2.27. The molecule has 0 fully saturated rings. The molecule has 0 aliphatic heterocycles. The second-order valence-electron chi connectivity index (χ2n) is 8.53. The first-order valence-electron chi connectivity index (χ1n) is 11.2. The Morgan fingerprint density at radius 1 is 0.912 bits per heavy atom. The van der Waals surface area contributed by atoms with Crippen molar-refractivity contribution in [2.45, 2.75) is 39.0 Å². The number of carbonyl (C=O) groups excluding carboxylic acids is 1. The average Bonchev–Trinajstić information content (AvgIpc) is 2.79. The molecule has 0 radical (unpaired) electrons. The Labute approximate surface area is 202 Å². The van der Waals surface area contributed by atoms with E-state index >= 15 is 0 Å². The van der Waals surface area contributed by atoms with Crippen molar-refractivity contribution in [1.29, 1.82) is 0 Å². The number of ether oxygens (including phenoxy) is 1. The molecule has 0 unspecified atom stereocenters. The molecule has 0 saturated carbocycles. The van der Waals surface area contributed by atoms with Gasteiger partial charge in [0.15, 0.2) is 0 Å². The van der Waals surface area contributed by atoms with Crippen LogP contribution in [0.2, 0.25) is 0 Å². The van der Waals surface area contributed by atoms with Gasteiger partial charge in [-0.15, -0.1) is 0 Å². The first-order chi connectivity index (χ1) is 16.1. The molecule has 0 aromatic heterocycles. The number of rotatable bonds is 9. The molecule has 7 heteroatoms. The molecule has 0 spiro atoms. The molecular weight excluding hydrogens is 448 g/mol. The van der Waals surface area contributed by atoms with E-state index in [9.17, 15) is 13.2 Å². The zero-order chi connectivity index (χ0) is 24.9. The summed E-state index contributed by atoms with van der Waals surface area (Å²) >= 11 is 0. The van der Waals surface area contributed by atoms with Crippen LogP contribution in [0.1, 0.15) is 27.8 Å². The second kappa shape index (κ2) is 10.8. The van der Waals surface area contributed by atoms with E-state index in [1.807, 2.05) is 63.2 Å². The molecule has 3 aromatic carbocycles. The zero-order valence-corrected chi connectivity index (χ0v) is 21.2. The summed E-state index contributed by atoms with van der Waals surface area (Å²) in [6.45, 7) is 7.55. The smallest absolute Gasteiger partial charge is 0.243 e. The Bertz CT molecular complexity index is 1250. The van der Waals surface area contributed by atoms with Crippen molar-refractivity contribution < 1.29 is 17.9 Å². The molecule has 0 atom stereocenters. The number of carbonyl (C=O) groups is 1. The van der Waals surface area contributed by atoms with E-state index in [1.165, 1.54) is 10.4 Å². The first kappa shape index (κ1) is 25.5. The number of hydrogen-bond acceptors (Lipinski definition) is 4. The van der Waals surface area contributed by atoms with E-state index in [-0.39, 0.29) is 23.9 Å². The highest BCUT2D eigenvalue weighted by atomic mass is 32.2. The summed E-state index contributed by atoms with van der Waals surface area (Å²) in [6.07, 6.45) is 0.491. The SMILES string of the molecule is COc1ccc(S(=O)(=O)N(CCc2ccccc2)CC(=O)Nc2c(C)cc(C)cc2C)cc1C. The van der Waals surface area contributed by atoms with Crippen LogP contribution in [-0.4, -0.2) is 38.8 Å². The third-order valence-corrected chi connectivity index (χ3v) is 7.60. The summed E-state index contributed by atoms with van der Waals surface area (Å²) in [7, 11) is -2.37.